The smallest absolute Gasteiger partial charge is 0.0849 e. The Kier molecular flexibility index (Phi) is 18.5. The van der Waals surface area contributed by atoms with Crippen LogP contribution in [0.1, 0.15) is 114 Å². The molecule has 3 aromatic carbocycles. The Morgan fingerprint density at radius 1 is 0.385 bits per heavy atom. The maximum atomic E-state index is 2.36. The first kappa shape index (κ1) is 33.8. The van der Waals surface area contributed by atoms with Crippen molar-refractivity contribution in [1.82, 2.24) is 0 Å². The SMILES string of the molecule is CCCCCCCCCCCCCCCC[P+](Cc1ccccc1)(Cc1ccccc1)Cc1ccccc1.[Br-]. The minimum atomic E-state index is -1.25. The molecule has 0 heterocycles. The van der Waals surface area contributed by atoms with Crippen LogP contribution in [0.4, 0.5) is 0 Å². The molecule has 0 radical (unpaired) electrons. The van der Waals surface area contributed by atoms with Crippen LogP contribution in [0.5, 0.6) is 0 Å². The maximum Gasteiger partial charge on any atom is 0.0849 e. The van der Waals surface area contributed by atoms with Crippen molar-refractivity contribution in [3.63, 3.8) is 0 Å². The lowest BCUT2D eigenvalue weighted by Gasteiger charge is -2.29. The Labute approximate surface area is 252 Å². The molecule has 0 bridgehead atoms. The highest BCUT2D eigenvalue weighted by molar-refractivity contribution is 7.73. The van der Waals surface area contributed by atoms with E-state index in [0.717, 1.165) is 0 Å². The molecule has 0 aliphatic carbocycles. The van der Waals surface area contributed by atoms with Crippen LogP contribution in [0.3, 0.4) is 0 Å². The average molecular weight is 610 g/mol. The van der Waals surface area contributed by atoms with Gasteiger partial charge in [-0.3, -0.25) is 0 Å². The monoisotopic (exact) mass is 608 g/mol. The van der Waals surface area contributed by atoms with Gasteiger partial charge >= 0.3 is 0 Å². The Balaban J connectivity index is 0.00000533. The molecule has 0 atom stereocenters. The van der Waals surface area contributed by atoms with Crippen molar-refractivity contribution in [2.45, 2.75) is 115 Å². The van der Waals surface area contributed by atoms with Crippen molar-refractivity contribution in [1.29, 1.82) is 0 Å². The summed E-state index contributed by atoms with van der Waals surface area (Å²) < 4.78 is 0. The predicted octanol–water partition coefficient (Wildman–Crippen LogP) is 9.09. The Morgan fingerprint density at radius 2 is 0.667 bits per heavy atom. The Morgan fingerprint density at radius 3 is 0.974 bits per heavy atom. The van der Waals surface area contributed by atoms with Crippen LogP contribution in [0.15, 0.2) is 91.0 Å². The van der Waals surface area contributed by atoms with E-state index in [1.807, 2.05) is 0 Å². The molecule has 0 aliphatic rings. The van der Waals surface area contributed by atoms with Crippen LogP contribution in [-0.2, 0) is 18.5 Å². The van der Waals surface area contributed by atoms with Gasteiger partial charge < -0.3 is 17.0 Å². The first-order chi connectivity index (χ1) is 18.8. The van der Waals surface area contributed by atoms with Gasteiger partial charge in [0.25, 0.3) is 0 Å². The second-order valence-electron chi connectivity index (χ2n) is 11.6. The zero-order valence-electron chi connectivity index (χ0n) is 24.7. The fourth-order valence-corrected chi connectivity index (χ4v) is 10.6. The molecule has 0 N–H and O–H groups in total. The summed E-state index contributed by atoms with van der Waals surface area (Å²) >= 11 is 0. The summed E-state index contributed by atoms with van der Waals surface area (Å²) in [6.45, 7) is 2.30. The number of hydrogen-bond donors (Lipinski definition) is 0. The molecule has 3 rings (SSSR count). The molecule has 39 heavy (non-hydrogen) atoms. The summed E-state index contributed by atoms with van der Waals surface area (Å²) in [5.41, 5.74) is 4.58. The van der Waals surface area contributed by atoms with Gasteiger partial charge in [0.2, 0.25) is 0 Å². The lowest BCUT2D eigenvalue weighted by Crippen LogP contribution is -3.00. The van der Waals surface area contributed by atoms with E-state index in [1.54, 1.807) is 0 Å². The molecule has 2 heteroatoms. The fraction of sp³-hybridized carbons (Fsp3) is 0.514. The number of rotatable bonds is 21. The third-order valence-electron chi connectivity index (χ3n) is 8.07. The van der Waals surface area contributed by atoms with Crippen LogP contribution in [0, 0.1) is 0 Å². The topological polar surface area (TPSA) is 0 Å². The molecule has 0 saturated carbocycles. The van der Waals surface area contributed by atoms with E-state index >= 15 is 0 Å². The standard InChI is InChI=1S/C37H54P.BrH/c1-2-3-4-5-6-7-8-9-10-11-12-13-14-24-31-38(32-35-25-18-15-19-26-35,33-36-27-20-16-21-28-36)34-37-29-22-17-23-30-37;/h15-23,25-30H,2-14,24,31-34H2,1H3;1H/q+1;/p-1. The molecule has 0 nitrogen and oxygen atoms in total. The predicted molar refractivity (Wildman–Crippen MR) is 173 cm³/mol. The number of halogens is 1. The third kappa shape index (κ3) is 14.7. The van der Waals surface area contributed by atoms with E-state index in [4.69, 9.17) is 0 Å². The van der Waals surface area contributed by atoms with Gasteiger partial charge in [0.1, 0.15) is 0 Å². The number of benzene rings is 3. The van der Waals surface area contributed by atoms with Gasteiger partial charge in [-0.05, 0) is 29.5 Å². The van der Waals surface area contributed by atoms with Crippen molar-refractivity contribution in [2.24, 2.45) is 0 Å². The molecule has 0 fully saturated rings. The highest BCUT2D eigenvalue weighted by atomic mass is 79.9. The molecule has 0 unspecified atom stereocenters. The highest BCUT2D eigenvalue weighted by Gasteiger charge is 2.37. The van der Waals surface area contributed by atoms with E-state index in [1.165, 1.54) is 131 Å². The van der Waals surface area contributed by atoms with Gasteiger partial charge in [-0.25, -0.2) is 0 Å². The molecule has 214 valence electrons. The zero-order valence-corrected chi connectivity index (χ0v) is 27.2. The van der Waals surface area contributed by atoms with E-state index < -0.39 is 7.26 Å². The Hall–Kier alpha value is -1.43. The van der Waals surface area contributed by atoms with Crippen molar-refractivity contribution in [2.75, 3.05) is 6.16 Å². The first-order valence-electron chi connectivity index (χ1n) is 15.8. The van der Waals surface area contributed by atoms with Gasteiger partial charge in [-0.2, -0.15) is 0 Å². The van der Waals surface area contributed by atoms with Gasteiger partial charge in [-0.15, -0.1) is 0 Å². The average Bonchev–Trinajstić information content (AvgIpc) is 2.95. The van der Waals surface area contributed by atoms with Crippen LogP contribution >= 0.6 is 7.26 Å². The molecule has 3 aromatic rings. The van der Waals surface area contributed by atoms with Gasteiger partial charge in [0, 0.05) is 7.26 Å². The normalized spacial score (nSPS) is 11.3. The zero-order chi connectivity index (χ0) is 26.6. The maximum absolute atomic E-state index is 2.36. The molecular formula is C37H54BrP. The summed E-state index contributed by atoms with van der Waals surface area (Å²) in [6, 6.07) is 34.0. The van der Waals surface area contributed by atoms with Crippen molar-refractivity contribution in [3.8, 4) is 0 Å². The summed E-state index contributed by atoms with van der Waals surface area (Å²) in [5.74, 6) is 0. The molecule has 0 saturated heterocycles. The minimum Gasteiger partial charge on any atom is -1.00 e. The van der Waals surface area contributed by atoms with Crippen LogP contribution < -0.4 is 17.0 Å². The number of unbranched alkanes of at least 4 members (excludes halogenated alkanes) is 13. The molecule has 0 aliphatic heterocycles. The molecular weight excluding hydrogens is 555 g/mol. The van der Waals surface area contributed by atoms with E-state index in [9.17, 15) is 0 Å². The summed E-state index contributed by atoms with van der Waals surface area (Å²) in [7, 11) is -1.25. The third-order valence-corrected chi connectivity index (χ3v) is 12.4. The fourth-order valence-electron chi connectivity index (χ4n) is 5.96. The lowest BCUT2D eigenvalue weighted by molar-refractivity contribution is -0.00000815. The minimum absolute atomic E-state index is 0. The van der Waals surface area contributed by atoms with Crippen molar-refractivity contribution >= 4 is 7.26 Å². The highest BCUT2D eigenvalue weighted by Crippen LogP contribution is 2.67. The number of hydrogen-bond acceptors (Lipinski definition) is 0. The van der Waals surface area contributed by atoms with E-state index in [0.29, 0.717) is 0 Å². The second-order valence-corrected chi connectivity index (χ2v) is 15.7. The van der Waals surface area contributed by atoms with E-state index in [-0.39, 0.29) is 17.0 Å². The van der Waals surface area contributed by atoms with Gasteiger partial charge in [0.05, 0.1) is 24.6 Å². The lowest BCUT2D eigenvalue weighted by atomic mass is 10.0. The summed E-state index contributed by atoms with van der Waals surface area (Å²) in [4.78, 5) is 0. The molecule has 0 amide bonds. The molecule has 0 spiro atoms. The van der Waals surface area contributed by atoms with Crippen LogP contribution in [-0.4, -0.2) is 6.16 Å². The van der Waals surface area contributed by atoms with Crippen molar-refractivity contribution in [3.05, 3.63) is 108 Å². The largest absolute Gasteiger partial charge is 1.00 e. The second kappa shape index (κ2) is 21.3. The quantitative estimate of drug-likeness (QED) is 0.0835. The van der Waals surface area contributed by atoms with E-state index in [2.05, 4.69) is 97.9 Å². The first-order valence-corrected chi connectivity index (χ1v) is 18.3. The van der Waals surface area contributed by atoms with Crippen molar-refractivity contribution < 1.29 is 17.0 Å². The van der Waals surface area contributed by atoms with Crippen LogP contribution in [0.2, 0.25) is 0 Å². The molecule has 0 aromatic heterocycles. The summed E-state index contributed by atoms with van der Waals surface area (Å²) in [5, 5.41) is 0. The van der Waals surface area contributed by atoms with Gasteiger partial charge in [-0.1, -0.05) is 175 Å². The Bertz CT molecular complexity index is 840. The van der Waals surface area contributed by atoms with Crippen LogP contribution in [0.25, 0.3) is 0 Å². The summed E-state index contributed by atoms with van der Waals surface area (Å²) in [6.07, 6.45) is 25.2. The van der Waals surface area contributed by atoms with Gasteiger partial charge in [0.15, 0.2) is 0 Å².